The summed E-state index contributed by atoms with van der Waals surface area (Å²) in [4.78, 5) is 44.0. The van der Waals surface area contributed by atoms with Gasteiger partial charge in [0.15, 0.2) is 0 Å². The maximum Gasteiger partial charge on any atom is 0.326 e. The summed E-state index contributed by atoms with van der Waals surface area (Å²) in [6.07, 6.45) is 1.25. The number of ether oxygens (including phenoxy) is 2. The molecule has 3 aromatic rings. The lowest BCUT2D eigenvalue weighted by Crippen LogP contribution is -2.52. The first-order valence-corrected chi connectivity index (χ1v) is 12.5. The minimum Gasteiger partial charge on any atom is -0.497 e. The van der Waals surface area contributed by atoms with Gasteiger partial charge in [-0.1, -0.05) is 41.9 Å². The van der Waals surface area contributed by atoms with Crippen LogP contribution in [0.1, 0.15) is 28.0 Å². The van der Waals surface area contributed by atoms with Crippen LogP contribution in [0.3, 0.4) is 0 Å². The lowest BCUT2D eigenvalue weighted by Gasteiger charge is -2.27. The van der Waals surface area contributed by atoms with Crippen LogP contribution in [0, 0.1) is 0 Å². The second-order valence-corrected chi connectivity index (χ2v) is 9.37. The Labute approximate surface area is 225 Å². The van der Waals surface area contributed by atoms with E-state index in [9.17, 15) is 19.5 Å². The van der Waals surface area contributed by atoms with Crippen LogP contribution in [0.15, 0.2) is 72.9 Å². The minimum absolute atomic E-state index is 0.0808. The van der Waals surface area contributed by atoms with Gasteiger partial charge in [0.25, 0.3) is 5.91 Å². The smallest absolute Gasteiger partial charge is 0.326 e. The number of carbonyl (C=O) groups excluding carboxylic acids is 2. The van der Waals surface area contributed by atoms with Gasteiger partial charge in [-0.3, -0.25) is 14.6 Å². The highest BCUT2D eigenvalue weighted by Gasteiger charge is 2.42. The molecule has 2 N–H and O–H groups in total. The Hall–Kier alpha value is -3.95. The van der Waals surface area contributed by atoms with Crippen molar-refractivity contribution in [3.63, 3.8) is 0 Å². The number of pyridine rings is 1. The number of amides is 2. The normalized spacial score (nSPS) is 17.6. The van der Waals surface area contributed by atoms with E-state index in [1.807, 2.05) is 24.3 Å². The zero-order chi connectivity index (χ0) is 27.1. The van der Waals surface area contributed by atoms with E-state index in [1.54, 1.807) is 43.5 Å². The molecule has 38 heavy (non-hydrogen) atoms. The number of halogens is 1. The quantitative estimate of drug-likeness (QED) is 0.407. The third kappa shape index (κ3) is 6.87. The number of hydrogen-bond acceptors (Lipinski definition) is 6. The highest BCUT2D eigenvalue weighted by atomic mass is 35.5. The van der Waals surface area contributed by atoms with Crippen molar-refractivity contribution < 1.29 is 29.0 Å². The predicted octanol–water partition coefficient (Wildman–Crippen LogP) is 3.36. The van der Waals surface area contributed by atoms with Gasteiger partial charge in [0.1, 0.15) is 23.5 Å². The number of carboxylic acids is 1. The molecule has 0 spiro atoms. The molecule has 2 heterocycles. The average molecular weight is 538 g/mol. The molecule has 198 valence electrons. The molecule has 0 saturated carbocycles. The van der Waals surface area contributed by atoms with Crippen molar-refractivity contribution in [1.29, 1.82) is 0 Å². The summed E-state index contributed by atoms with van der Waals surface area (Å²) in [6.45, 7) is 0.336. The zero-order valence-electron chi connectivity index (χ0n) is 20.7. The largest absolute Gasteiger partial charge is 0.497 e. The second kappa shape index (κ2) is 12.5. The summed E-state index contributed by atoms with van der Waals surface area (Å²) in [6, 6.07) is 17.1. The number of aromatic nitrogens is 1. The molecule has 4 rings (SSSR count). The van der Waals surface area contributed by atoms with Crippen LogP contribution in [0.25, 0.3) is 0 Å². The Morgan fingerprint density at radius 3 is 2.55 bits per heavy atom. The summed E-state index contributed by atoms with van der Waals surface area (Å²) < 4.78 is 11.1. The molecule has 2 aromatic carbocycles. The van der Waals surface area contributed by atoms with Crippen LogP contribution >= 0.6 is 11.6 Å². The fourth-order valence-electron chi connectivity index (χ4n) is 4.36. The van der Waals surface area contributed by atoms with Crippen molar-refractivity contribution >= 4 is 29.4 Å². The first-order chi connectivity index (χ1) is 18.3. The second-order valence-electron chi connectivity index (χ2n) is 8.94. The van der Waals surface area contributed by atoms with E-state index < -0.39 is 36.0 Å². The number of carboxylic acid groups (broad SMARTS) is 1. The van der Waals surface area contributed by atoms with Gasteiger partial charge in [-0.25, -0.2) is 4.79 Å². The molecule has 0 radical (unpaired) electrons. The maximum absolute atomic E-state index is 13.7. The fourth-order valence-corrected chi connectivity index (χ4v) is 4.57. The van der Waals surface area contributed by atoms with E-state index in [2.05, 4.69) is 10.3 Å². The van der Waals surface area contributed by atoms with Crippen LogP contribution in [-0.4, -0.2) is 64.6 Å². The highest BCUT2D eigenvalue weighted by Crippen LogP contribution is 2.24. The Morgan fingerprint density at radius 2 is 1.89 bits per heavy atom. The topological polar surface area (TPSA) is 118 Å². The average Bonchev–Trinajstić information content (AvgIpc) is 3.37. The van der Waals surface area contributed by atoms with Gasteiger partial charge < -0.3 is 24.8 Å². The molecule has 1 aromatic heterocycles. The van der Waals surface area contributed by atoms with E-state index >= 15 is 0 Å². The first-order valence-electron chi connectivity index (χ1n) is 12.1. The molecule has 1 aliphatic rings. The lowest BCUT2D eigenvalue weighted by molar-refractivity contribution is -0.148. The molecule has 1 fully saturated rings. The predicted molar refractivity (Wildman–Crippen MR) is 140 cm³/mol. The third-order valence-corrected chi connectivity index (χ3v) is 6.54. The van der Waals surface area contributed by atoms with Crippen molar-refractivity contribution in [3.8, 4) is 5.75 Å². The molecule has 0 bridgehead atoms. The molecule has 3 atom stereocenters. The Morgan fingerprint density at radius 1 is 1.11 bits per heavy atom. The number of nitrogens with zero attached hydrogens (tertiary/aromatic N) is 2. The molecular formula is C28H28ClN3O6. The number of hydrogen-bond donors (Lipinski definition) is 2. The van der Waals surface area contributed by atoms with E-state index in [0.29, 0.717) is 5.02 Å². The number of methoxy groups -OCH3 is 1. The van der Waals surface area contributed by atoms with Gasteiger partial charge >= 0.3 is 5.97 Å². The van der Waals surface area contributed by atoms with Crippen LogP contribution in [0.4, 0.5) is 0 Å². The van der Waals surface area contributed by atoms with E-state index in [4.69, 9.17) is 21.1 Å². The van der Waals surface area contributed by atoms with Crippen molar-refractivity contribution in [2.45, 2.75) is 37.6 Å². The van der Waals surface area contributed by atoms with Gasteiger partial charge in [-0.15, -0.1) is 0 Å². The molecule has 0 aliphatic carbocycles. The SMILES string of the molecule is COc1ccc(CO[C@@H]2C[C@@H](C(=O)O)N(C(=O)[C@H](Cc3cccc(Cl)c3)NC(=O)c3ccccn3)C2)cc1. The molecular weight excluding hydrogens is 510 g/mol. The summed E-state index contributed by atoms with van der Waals surface area (Å²) in [5.41, 5.74) is 1.76. The summed E-state index contributed by atoms with van der Waals surface area (Å²) >= 11 is 6.13. The summed E-state index contributed by atoms with van der Waals surface area (Å²) in [5, 5.41) is 13.1. The van der Waals surface area contributed by atoms with Crippen LogP contribution in [0.2, 0.25) is 5.02 Å². The fraction of sp³-hybridized carbons (Fsp3) is 0.286. The van der Waals surface area contributed by atoms with Crippen molar-refractivity contribution in [2.24, 2.45) is 0 Å². The minimum atomic E-state index is -1.13. The summed E-state index contributed by atoms with van der Waals surface area (Å²) in [5.74, 6) is -1.47. The third-order valence-electron chi connectivity index (χ3n) is 6.31. The number of likely N-dealkylation sites (tertiary alicyclic amines) is 1. The Kier molecular flexibility index (Phi) is 8.93. The standard InChI is InChI=1S/C28H28ClN3O6/c1-37-21-10-8-18(9-11-21)17-38-22-15-25(28(35)36)32(16-22)27(34)24(14-19-5-4-6-20(29)13-19)31-26(33)23-7-2-3-12-30-23/h2-13,22,24-25H,14-17H2,1H3,(H,31,33)(H,35,36)/t22-,24+,25+/m1/s1. The number of carbonyl (C=O) groups is 3. The molecule has 2 amide bonds. The van der Waals surface area contributed by atoms with Gasteiger partial charge in [0.2, 0.25) is 5.91 Å². The molecule has 1 aliphatic heterocycles. The van der Waals surface area contributed by atoms with Crippen LogP contribution < -0.4 is 10.1 Å². The lowest BCUT2D eigenvalue weighted by atomic mass is 10.0. The van der Waals surface area contributed by atoms with Gasteiger partial charge in [-0.2, -0.15) is 0 Å². The van der Waals surface area contributed by atoms with E-state index in [0.717, 1.165) is 16.9 Å². The Bertz CT molecular complexity index is 1270. The van der Waals surface area contributed by atoms with E-state index in [1.165, 1.54) is 17.2 Å². The summed E-state index contributed by atoms with van der Waals surface area (Å²) in [7, 11) is 1.58. The van der Waals surface area contributed by atoms with Crippen molar-refractivity contribution in [2.75, 3.05) is 13.7 Å². The first kappa shape index (κ1) is 27.1. The molecule has 1 saturated heterocycles. The van der Waals surface area contributed by atoms with Crippen LogP contribution in [0.5, 0.6) is 5.75 Å². The van der Waals surface area contributed by atoms with Crippen LogP contribution in [-0.2, 0) is 27.4 Å². The van der Waals surface area contributed by atoms with Gasteiger partial charge in [0.05, 0.1) is 19.8 Å². The van der Waals surface area contributed by atoms with Gasteiger partial charge in [0, 0.05) is 30.6 Å². The molecule has 9 nitrogen and oxygen atoms in total. The zero-order valence-corrected chi connectivity index (χ0v) is 21.5. The van der Waals surface area contributed by atoms with Gasteiger partial charge in [-0.05, 0) is 47.5 Å². The van der Waals surface area contributed by atoms with Crippen molar-refractivity contribution in [3.05, 3.63) is 94.8 Å². The molecule has 10 heteroatoms. The maximum atomic E-state index is 13.7. The van der Waals surface area contributed by atoms with Crippen molar-refractivity contribution in [1.82, 2.24) is 15.2 Å². The number of rotatable bonds is 10. The monoisotopic (exact) mass is 537 g/mol. The number of aliphatic carboxylic acids is 1. The number of benzene rings is 2. The Balaban J connectivity index is 1.50. The number of nitrogens with one attached hydrogen (secondary N) is 1. The van der Waals surface area contributed by atoms with E-state index in [-0.39, 0.29) is 31.7 Å². The molecule has 0 unspecified atom stereocenters. The highest BCUT2D eigenvalue weighted by molar-refractivity contribution is 6.30.